The molecule has 26 heavy (non-hydrogen) atoms. The first-order valence-corrected chi connectivity index (χ1v) is 8.59. The molecular weight excluding hydrogens is 330 g/mol. The van der Waals surface area contributed by atoms with Crippen LogP contribution in [0.1, 0.15) is 48.2 Å². The Kier molecular flexibility index (Phi) is 6.39. The molecule has 0 fully saturated rings. The number of amides is 1. The van der Waals surface area contributed by atoms with E-state index >= 15 is 0 Å². The third-order valence-corrected chi connectivity index (χ3v) is 4.21. The van der Waals surface area contributed by atoms with Crippen LogP contribution in [0.3, 0.4) is 0 Å². The third kappa shape index (κ3) is 4.42. The van der Waals surface area contributed by atoms with Crippen LogP contribution in [-0.2, 0) is 9.53 Å². The smallest absolute Gasteiger partial charge is 0.338 e. The molecule has 0 aliphatic carbocycles. The fraction of sp³-hybridized carbons (Fsp3) is 0.333. The second-order valence-corrected chi connectivity index (χ2v) is 6.41. The minimum absolute atomic E-state index is 0.284. The number of methoxy groups -OCH3 is 1. The number of esters is 1. The van der Waals surface area contributed by atoms with Crippen molar-refractivity contribution in [2.24, 2.45) is 0 Å². The summed E-state index contributed by atoms with van der Waals surface area (Å²) in [5, 5.41) is 2.83. The highest BCUT2D eigenvalue weighted by Gasteiger charge is 2.19. The van der Waals surface area contributed by atoms with Gasteiger partial charge in [0, 0.05) is 5.69 Å². The van der Waals surface area contributed by atoms with Crippen LogP contribution in [0.2, 0.25) is 0 Å². The molecule has 0 radical (unpaired) electrons. The summed E-state index contributed by atoms with van der Waals surface area (Å²) >= 11 is 0. The largest absolute Gasteiger partial charge is 0.481 e. The molecule has 5 heteroatoms. The molecule has 2 rings (SSSR count). The molecule has 138 valence electrons. The molecule has 2 aromatic rings. The maximum absolute atomic E-state index is 12.5. The van der Waals surface area contributed by atoms with Crippen molar-refractivity contribution >= 4 is 17.6 Å². The fourth-order valence-electron chi connectivity index (χ4n) is 2.65. The van der Waals surface area contributed by atoms with E-state index in [0.717, 1.165) is 5.56 Å². The Morgan fingerprint density at radius 3 is 2.35 bits per heavy atom. The standard InChI is InChI=1S/C21H25NO4/c1-13(2)16-9-6-7-12-19(16)26-15(4)20(23)22-18-11-8-10-17(14(18)3)21(24)25-5/h6-13,15H,1-5H3,(H,22,23). The molecule has 2 aromatic carbocycles. The highest BCUT2D eigenvalue weighted by molar-refractivity contribution is 5.98. The summed E-state index contributed by atoms with van der Waals surface area (Å²) in [5.41, 5.74) is 2.69. The Morgan fingerprint density at radius 1 is 1.00 bits per heavy atom. The van der Waals surface area contributed by atoms with Gasteiger partial charge in [0.1, 0.15) is 5.75 Å². The second kappa shape index (κ2) is 8.52. The monoisotopic (exact) mass is 355 g/mol. The lowest BCUT2D eigenvalue weighted by Gasteiger charge is -2.19. The fourth-order valence-corrected chi connectivity index (χ4v) is 2.65. The number of nitrogens with one attached hydrogen (secondary N) is 1. The molecule has 1 N–H and O–H groups in total. The van der Waals surface area contributed by atoms with E-state index in [1.807, 2.05) is 24.3 Å². The van der Waals surface area contributed by atoms with Gasteiger partial charge in [-0.1, -0.05) is 38.1 Å². The number of anilines is 1. The van der Waals surface area contributed by atoms with Crippen molar-refractivity contribution in [2.75, 3.05) is 12.4 Å². The second-order valence-electron chi connectivity index (χ2n) is 6.41. The Bertz CT molecular complexity index is 798. The van der Waals surface area contributed by atoms with Gasteiger partial charge in [0.25, 0.3) is 5.91 Å². The molecule has 1 unspecified atom stereocenters. The van der Waals surface area contributed by atoms with Crippen LogP contribution in [0.25, 0.3) is 0 Å². The summed E-state index contributed by atoms with van der Waals surface area (Å²) in [4.78, 5) is 24.3. The van der Waals surface area contributed by atoms with Crippen LogP contribution < -0.4 is 10.1 Å². The van der Waals surface area contributed by atoms with E-state index in [1.165, 1.54) is 7.11 Å². The molecule has 0 aromatic heterocycles. The predicted molar refractivity (Wildman–Crippen MR) is 102 cm³/mol. The summed E-state index contributed by atoms with van der Waals surface area (Å²) < 4.78 is 10.6. The van der Waals surface area contributed by atoms with E-state index in [4.69, 9.17) is 9.47 Å². The van der Waals surface area contributed by atoms with Crippen molar-refractivity contribution in [3.05, 3.63) is 59.2 Å². The molecule has 0 heterocycles. The number of ether oxygens (including phenoxy) is 2. The normalized spacial score (nSPS) is 11.8. The van der Waals surface area contributed by atoms with Crippen LogP contribution in [0.5, 0.6) is 5.75 Å². The Morgan fingerprint density at radius 2 is 1.69 bits per heavy atom. The number of carbonyl (C=O) groups excluding carboxylic acids is 2. The maximum atomic E-state index is 12.5. The van der Waals surface area contributed by atoms with E-state index in [9.17, 15) is 9.59 Å². The number of benzene rings is 2. The molecule has 5 nitrogen and oxygen atoms in total. The number of rotatable bonds is 6. The van der Waals surface area contributed by atoms with E-state index in [1.54, 1.807) is 32.0 Å². The Hall–Kier alpha value is -2.82. The van der Waals surface area contributed by atoms with Gasteiger partial charge < -0.3 is 14.8 Å². The van der Waals surface area contributed by atoms with Crippen LogP contribution in [0.15, 0.2) is 42.5 Å². The average Bonchev–Trinajstić information content (AvgIpc) is 2.63. The van der Waals surface area contributed by atoms with Crippen molar-refractivity contribution < 1.29 is 19.1 Å². The van der Waals surface area contributed by atoms with Crippen molar-refractivity contribution in [1.82, 2.24) is 0 Å². The van der Waals surface area contributed by atoms with E-state index in [2.05, 4.69) is 19.2 Å². The zero-order valence-electron chi connectivity index (χ0n) is 15.8. The van der Waals surface area contributed by atoms with Crippen molar-refractivity contribution in [1.29, 1.82) is 0 Å². The van der Waals surface area contributed by atoms with Gasteiger partial charge in [-0.2, -0.15) is 0 Å². The van der Waals surface area contributed by atoms with Gasteiger partial charge in [-0.25, -0.2) is 4.79 Å². The molecular formula is C21H25NO4. The van der Waals surface area contributed by atoms with Crippen LogP contribution in [0.4, 0.5) is 5.69 Å². The lowest BCUT2D eigenvalue weighted by Crippen LogP contribution is -2.30. The number of hydrogen-bond acceptors (Lipinski definition) is 4. The van der Waals surface area contributed by atoms with Crippen LogP contribution in [0, 0.1) is 6.92 Å². The van der Waals surface area contributed by atoms with Crippen LogP contribution >= 0.6 is 0 Å². The number of carbonyl (C=O) groups is 2. The van der Waals surface area contributed by atoms with Gasteiger partial charge in [0.05, 0.1) is 12.7 Å². The van der Waals surface area contributed by atoms with Crippen molar-refractivity contribution in [3.63, 3.8) is 0 Å². The molecule has 0 bridgehead atoms. The van der Waals surface area contributed by atoms with Gasteiger partial charge >= 0.3 is 5.97 Å². The van der Waals surface area contributed by atoms with E-state index in [0.29, 0.717) is 28.5 Å². The first-order valence-electron chi connectivity index (χ1n) is 8.59. The molecule has 0 aliphatic heterocycles. The Balaban J connectivity index is 2.15. The Labute approximate surface area is 154 Å². The zero-order valence-corrected chi connectivity index (χ0v) is 15.8. The molecule has 0 spiro atoms. The van der Waals surface area contributed by atoms with Crippen molar-refractivity contribution in [3.8, 4) is 5.75 Å². The number of para-hydroxylation sites is 1. The summed E-state index contributed by atoms with van der Waals surface area (Å²) in [6.45, 7) is 7.62. The van der Waals surface area contributed by atoms with Crippen molar-refractivity contribution in [2.45, 2.75) is 39.7 Å². The lowest BCUT2D eigenvalue weighted by molar-refractivity contribution is -0.122. The predicted octanol–water partition coefficient (Wildman–Crippen LogP) is 4.31. The highest BCUT2D eigenvalue weighted by Crippen LogP contribution is 2.27. The van der Waals surface area contributed by atoms with Crippen LogP contribution in [-0.4, -0.2) is 25.1 Å². The minimum atomic E-state index is -0.684. The lowest BCUT2D eigenvalue weighted by atomic mass is 10.0. The molecule has 1 atom stereocenters. The van der Waals surface area contributed by atoms with Gasteiger partial charge in [0.2, 0.25) is 0 Å². The first kappa shape index (κ1) is 19.5. The molecule has 0 saturated carbocycles. The minimum Gasteiger partial charge on any atom is -0.481 e. The van der Waals surface area contributed by atoms with E-state index in [-0.39, 0.29) is 5.91 Å². The van der Waals surface area contributed by atoms with Gasteiger partial charge in [-0.15, -0.1) is 0 Å². The summed E-state index contributed by atoms with van der Waals surface area (Å²) in [6, 6.07) is 12.8. The molecule has 0 aliphatic rings. The average molecular weight is 355 g/mol. The third-order valence-electron chi connectivity index (χ3n) is 4.21. The maximum Gasteiger partial charge on any atom is 0.338 e. The first-order chi connectivity index (χ1) is 12.3. The zero-order chi connectivity index (χ0) is 19.3. The molecule has 0 saturated heterocycles. The van der Waals surface area contributed by atoms with E-state index < -0.39 is 12.1 Å². The van der Waals surface area contributed by atoms with Gasteiger partial charge in [-0.05, 0) is 49.1 Å². The highest BCUT2D eigenvalue weighted by atomic mass is 16.5. The number of hydrogen-bond donors (Lipinski definition) is 1. The topological polar surface area (TPSA) is 64.6 Å². The SMILES string of the molecule is COC(=O)c1cccc(NC(=O)C(C)Oc2ccccc2C(C)C)c1C. The van der Waals surface area contributed by atoms with Gasteiger partial charge in [-0.3, -0.25) is 4.79 Å². The summed E-state index contributed by atoms with van der Waals surface area (Å²) in [7, 11) is 1.33. The quantitative estimate of drug-likeness (QED) is 0.784. The summed E-state index contributed by atoms with van der Waals surface area (Å²) in [6.07, 6.45) is -0.684. The summed E-state index contributed by atoms with van der Waals surface area (Å²) in [5.74, 6) is 0.271. The van der Waals surface area contributed by atoms with Gasteiger partial charge in [0.15, 0.2) is 6.10 Å². The molecule has 1 amide bonds.